The Bertz CT molecular complexity index is 1620. The van der Waals surface area contributed by atoms with Gasteiger partial charge < -0.3 is 14.6 Å². The van der Waals surface area contributed by atoms with E-state index in [-0.39, 0.29) is 17.7 Å². The molecule has 0 radical (unpaired) electrons. The number of hydrogen-bond acceptors (Lipinski definition) is 6. The number of halogens is 2. The summed E-state index contributed by atoms with van der Waals surface area (Å²) in [6.45, 7) is 8.46. The molecule has 1 heterocycles. The normalized spacial score (nSPS) is 11.7. The first-order chi connectivity index (χ1) is 18.5. The first-order valence-corrected chi connectivity index (χ1v) is 13.7. The Kier molecular flexibility index (Phi) is 8.56. The molecule has 0 aliphatic heterocycles. The van der Waals surface area contributed by atoms with Crippen LogP contribution in [-0.4, -0.2) is 33.6 Å². The van der Waals surface area contributed by atoms with Crippen LogP contribution in [0.25, 0.3) is 10.9 Å². The molecule has 3 aromatic carbocycles. The van der Waals surface area contributed by atoms with Gasteiger partial charge in [-0.15, -0.1) is 0 Å². The van der Waals surface area contributed by atoms with Crippen molar-refractivity contribution in [2.24, 2.45) is 5.10 Å². The van der Waals surface area contributed by atoms with E-state index in [4.69, 9.17) is 19.6 Å². The number of fused-ring (bicyclic) bond motifs is 1. The average molecular weight is 657 g/mol. The van der Waals surface area contributed by atoms with Crippen molar-refractivity contribution in [3.05, 3.63) is 96.4 Å². The fraction of sp³-hybridized carbons (Fsp3) is 0.241. The van der Waals surface area contributed by atoms with E-state index in [0.717, 1.165) is 10.0 Å². The lowest BCUT2D eigenvalue weighted by molar-refractivity contribution is 0.0697. The molecule has 4 rings (SSSR count). The molecule has 202 valence electrons. The van der Waals surface area contributed by atoms with Gasteiger partial charge in [-0.1, -0.05) is 48.8 Å². The number of carboxylic acid groups (broad SMARTS) is 1. The van der Waals surface area contributed by atoms with Crippen molar-refractivity contribution in [3.63, 3.8) is 0 Å². The summed E-state index contributed by atoms with van der Waals surface area (Å²) in [5, 5.41) is 14.1. The monoisotopic (exact) mass is 655 g/mol. The van der Waals surface area contributed by atoms with Crippen molar-refractivity contribution in [1.29, 1.82) is 0 Å². The van der Waals surface area contributed by atoms with Gasteiger partial charge in [-0.2, -0.15) is 9.78 Å². The van der Waals surface area contributed by atoms with Gasteiger partial charge in [0.25, 0.3) is 5.56 Å². The molecule has 0 atom stereocenters. The van der Waals surface area contributed by atoms with E-state index in [1.54, 1.807) is 36.5 Å². The lowest BCUT2D eigenvalue weighted by atomic mass is 9.95. The standard InChI is InChI=1S/C29H27Br2N3O5/c1-5-38-24-12-19(22(31)14-25(24)39-16-17-6-8-18(9-7-17)27(36)37)15-32-34-26(35)21-13-20(30)10-11-23(21)33-28(34)29(2,3)4/h6-15H,5,16H2,1-4H3,(H,36,37). The van der Waals surface area contributed by atoms with Gasteiger partial charge >= 0.3 is 5.97 Å². The number of carboxylic acids is 1. The van der Waals surface area contributed by atoms with Crippen LogP contribution in [0.3, 0.4) is 0 Å². The molecule has 10 heteroatoms. The number of rotatable bonds is 8. The number of aromatic nitrogens is 2. The molecule has 0 aliphatic rings. The minimum Gasteiger partial charge on any atom is -0.490 e. The van der Waals surface area contributed by atoms with E-state index in [0.29, 0.717) is 44.9 Å². The zero-order valence-electron chi connectivity index (χ0n) is 21.9. The summed E-state index contributed by atoms with van der Waals surface area (Å²) in [4.78, 5) is 29.3. The predicted molar refractivity (Wildman–Crippen MR) is 158 cm³/mol. The lowest BCUT2D eigenvalue weighted by Crippen LogP contribution is -2.29. The Morgan fingerprint density at radius 2 is 1.74 bits per heavy atom. The topological polar surface area (TPSA) is 103 Å². The Balaban J connectivity index is 1.69. The van der Waals surface area contributed by atoms with Crippen molar-refractivity contribution in [1.82, 2.24) is 9.66 Å². The van der Waals surface area contributed by atoms with Gasteiger partial charge in [-0.25, -0.2) is 9.78 Å². The van der Waals surface area contributed by atoms with E-state index in [2.05, 4.69) is 37.0 Å². The molecule has 0 amide bonds. The van der Waals surface area contributed by atoms with Crippen LogP contribution < -0.4 is 15.0 Å². The third-order valence-electron chi connectivity index (χ3n) is 5.75. The number of benzene rings is 3. The Hall–Kier alpha value is -3.50. The van der Waals surface area contributed by atoms with E-state index in [1.165, 1.54) is 16.8 Å². The van der Waals surface area contributed by atoms with Crippen molar-refractivity contribution in [2.75, 3.05) is 6.61 Å². The number of carbonyl (C=O) groups is 1. The second-order valence-electron chi connectivity index (χ2n) is 9.75. The van der Waals surface area contributed by atoms with Crippen LogP contribution in [-0.2, 0) is 12.0 Å². The highest BCUT2D eigenvalue weighted by molar-refractivity contribution is 9.10. The zero-order chi connectivity index (χ0) is 28.3. The van der Waals surface area contributed by atoms with Crippen molar-refractivity contribution >= 4 is 54.9 Å². The first-order valence-electron chi connectivity index (χ1n) is 12.2. The summed E-state index contributed by atoms with van der Waals surface area (Å²) < 4.78 is 14.6. The highest BCUT2D eigenvalue weighted by atomic mass is 79.9. The molecule has 39 heavy (non-hydrogen) atoms. The van der Waals surface area contributed by atoms with Crippen LogP contribution in [0.15, 0.2) is 73.4 Å². The van der Waals surface area contributed by atoms with Crippen LogP contribution in [0.4, 0.5) is 0 Å². The quantitative estimate of drug-likeness (QED) is 0.210. The van der Waals surface area contributed by atoms with Gasteiger partial charge in [0.15, 0.2) is 11.5 Å². The highest BCUT2D eigenvalue weighted by Crippen LogP contribution is 2.34. The van der Waals surface area contributed by atoms with Crippen LogP contribution in [0.2, 0.25) is 0 Å². The van der Waals surface area contributed by atoms with E-state index < -0.39 is 11.4 Å². The minimum absolute atomic E-state index is 0.211. The molecule has 1 N–H and O–H groups in total. The first kappa shape index (κ1) is 28.5. The van der Waals surface area contributed by atoms with Crippen molar-refractivity contribution < 1.29 is 19.4 Å². The maximum Gasteiger partial charge on any atom is 0.335 e. The van der Waals surface area contributed by atoms with Crippen LogP contribution in [0.5, 0.6) is 11.5 Å². The largest absolute Gasteiger partial charge is 0.490 e. The molecule has 4 aromatic rings. The van der Waals surface area contributed by atoms with Gasteiger partial charge in [0, 0.05) is 19.9 Å². The third-order valence-corrected chi connectivity index (χ3v) is 6.93. The van der Waals surface area contributed by atoms with Crippen molar-refractivity contribution in [2.45, 2.75) is 39.7 Å². The molecule has 0 bridgehead atoms. The summed E-state index contributed by atoms with van der Waals surface area (Å²) in [7, 11) is 0. The second-order valence-corrected chi connectivity index (χ2v) is 11.5. The minimum atomic E-state index is -0.980. The number of ether oxygens (including phenoxy) is 2. The SMILES string of the molecule is CCOc1cc(C=Nn2c(C(C)(C)C)nc3ccc(Br)cc3c2=O)c(Br)cc1OCc1ccc(C(=O)O)cc1. The van der Waals surface area contributed by atoms with Gasteiger partial charge in [-0.3, -0.25) is 4.79 Å². The van der Waals surface area contributed by atoms with E-state index >= 15 is 0 Å². The molecule has 0 unspecified atom stereocenters. The van der Waals surface area contributed by atoms with Gasteiger partial charge in [0.05, 0.1) is 29.3 Å². The Morgan fingerprint density at radius 1 is 1.05 bits per heavy atom. The smallest absolute Gasteiger partial charge is 0.335 e. The summed E-state index contributed by atoms with van der Waals surface area (Å²) in [5.41, 5.74) is 1.61. The lowest BCUT2D eigenvalue weighted by Gasteiger charge is -2.21. The molecule has 0 saturated heterocycles. The summed E-state index contributed by atoms with van der Waals surface area (Å²) in [6.07, 6.45) is 1.59. The van der Waals surface area contributed by atoms with Gasteiger partial charge in [0.1, 0.15) is 12.4 Å². The van der Waals surface area contributed by atoms with E-state index in [1.807, 2.05) is 39.8 Å². The summed E-state index contributed by atoms with van der Waals surface area (Å²) in [6, 6.07) is 15.5. The van der Waals surface area contributed by atoms with Crippen LogP contribution in [0.1, 0.15) is 55.0 Å². The zero-order valence-corrected chi connectivity index (χ0v) is 25.0. The molecule has 1 aromatic heterocycles. The fourth-order valence-electron chi connectivity index (χ4n) is 3.80. The van der Waals surface area contributed by atoms with Crippen molar-refractivity contribution in [3.8, 4) is 11.5 Å². The molecule has 0 aliphatic carbocycles. The summed E-state index contributed by atoms with van der Waals surface area (Å²) in [5.74, 6) is 0.571. The summed E-state index contributed by atoms with van der Waals surface area (Å²) >= 11 is 7.01. The number of hydrogen-bond donors (Lipinski definition) is 1. The molecule has 0 fully saturated rings. The van der Waals surface area contributed by atoms with E-state index in [9.17, 15) is 9.59 Å². The van der Waals surface area contributed by atoms with Gasteiger partial charge in [0.2, 0.25) is 0 Å². The molecule has 8 nitrogen and oxygen atoms in total. The number of aromatic carboxylic acids is 1. The Labute approximate surface area is 242 Å². The average Bonchev–Trinajstić information content (AvgIpc) is 2.88. The highest BCUT2D eigenvalue weighted by Gasteiger charge is 2.23. The van der Waals surface area contributed by atoms with Crippen LogP contribution >= 0.6 is 31.9 Å². The molecular weight excluding hydrogens is 630 g/mol. The third kappa shape index (κ3) is 6.57. The molecular formula is C29H27Br2N3O5. The maximum absolute atomic E-state index is 13.5. The van der Waals surface area contributed by atoms with Crippen LogP contribution in [0, 0.1) is 0 Å². The molecule has 0 saturated carbocycles. The van der Waals surface area contributed by atoms with Gasteiger partial charge in [-0.05, 0) is 70.9 Å². The maximum atomic E-state index is 13.5. The predicted octanol–water partition coefficient (Wildman–Crippen LogP) is 6.78. The molecule has 0 spiro atoms. The fourth-order valence-corrected chi connectivity index (χ4v) is 4.58. The number of nitrogens with zero attached hydrogens (tertiary/aromatic N) is 3. The second kappa shape index (κ2) is 11.7. The Morgan fingerprint density at radius 3 is 2.38 bits per heavy atom.